The Bertz CT molecular complexity index is 534. The van der Waals surface area contributed by atoms with Crippen molar-refractivity contribution in [1.29, 1.82) is 0 Å². The van der Waals surface area contributed by atoms with E-state index in [0.29, 0.717) is 5.92 Å². The van der Waals surface area contributed by atoms with E-state index >= 15 is 0 Å². The molecule has 1 aliphatic heterocycles. The van der Waals surface area contributed by atoms with Crippen LogP contribution in [0.25, 0.3) is 0 Å². The molecule has 1 aromatic carbocycles. The zero-order chi connectivity index (χ0) is 18.3. The number of ether oxygens (including phenoxy) is 1. The molecule has 140 valence electrons. The lowest BCUT2D eigenvalue weighted by Crippen LogP contribution is -2.52. The van der Waals surface area contributed by atoms with E-state index in [-0.39, 0.29) is 5.91 Å². The molecule has 1 aliphatic rings. The van der Waals surface area contributed by atoms with Crippen molar-refractivity contribution >= 4 is 5.91 Å². The summed E-state index contributed by atoms with van der Waals surface area (Å²) in [6.45, 7) is 7.73. The Morgan fingerprint density at radius 2 is 1.96 bits per heavy atom. The first kappa shape index (κ1) is 19.7. The van der Waals surface area contributed by atoms with Crippen LogP contribution >= 0.6 is 0 Å². The van der Waals surface area contributed by atoms with Crippen LogP contribution in [0.4, 0.5) is 0 Å². The molecule has 1 unspecified atom stereocenters. The van der Waals surface area contributed by atoms with Crippen LogP contribution in [0.1, 0.15) is 45.1 Å². The van der Waals surface area contributed by atoms with Crippen LogP contribution in [0.5, 0.6) is 5.75 Å². The highest BCUT2D eigenvalue weighted by Gasteiger charge is 2.28. The van der Waals surface area contributed by atoms with Crippen molar-refractivity contribution in [3.05, 3.63) is 29.8 Å². The summed E-state index contributed by atoms with van der Waals surface area (Å²) in [5.74, 6) is 1.43. The number of piperidine rings is 1. The first-order valence-corrected chi connectivity index (χ1v) is 9.37. The van der Waals surface area contributed by atoms with Crippen LogP contribution in [0.15, 0.2) is 24.3 Å². The number of nitrogens with one attached hydrogen (secondary N) is 1. The second-order valence-corrected chi connectivity index (χ2v) is 7.45. The highest BCUT2D eigenvalue weighted by atomic mass is 16.5. The number of carbonyl (C=O) groups excluding carboxylic acids is 1. The first-order valence-electron chi connectivity index (χ1n) is 9.37. The molecule has 1 atom stereocenters. The third-order valence-corrected chi connectivity index (χ3v) is 5.11. The Morgan fingerprint density at radius 3 is 2.52 bits per heavy atom. The Labute approximate surface area is 151 Å². The zero-order valence-electron chi connectivity index (χ0n) is 15.9. The molecule has 5 heteroatoms. The summed E-state index contributed by atoms with van der Waals surface area (Å²) in [6.07, 6.45) is 3.88. The molecule has 0 bridgehead atoms. The average Bonchev–Trinajstić information content (AvgIpc) is 2.61. The minimum Gasteiger partial charge on any atom is -0.497 e. The molecule has 1 saturated heterocycles. The molecule has 1 aromatic rings. The van der Waals surface area contributed by atoms with Gasteiger partial charge in [-0.1, -0.05) is 25.5 Å². The molecule has 1 heterocycles. The van der Waals surface area contributed by atoms with E-state index in [1.807, 2.05) is 19.1 Å². The van der Waals surface area contributed by atoms with Crippen LogP contribution in [0.2, 0.25) is 0 Å². The summed E-state index contributed by atoms with van der Waals surface area (Å²) in [6, 6.07) is 8.28. The predicted octanol–water partition coefficient (Wildman–Crippen LogP) is 2.54. The van der Waals surface area contributed by atoms with Gasteiger partial charge >= 0.3 is 0 Å². The Kier molecular flexibility index (Phi) is 7.26. The maximum atomic E-state index is 12.2. The van der Waals surface area contributed by atoms with E-state index in [0.717, 1.165) is 57.6 Å². The quantitative estimate of drug-likeness (QED) is 0.758. The number of nitrogens with two attached hydrogens (primary N) is 1. The largest absolute Gasteiger partial charge is 0.497 e. The lowest BCUT2D eigenvalue weighted by Gasteiger charge is -2.33. The van der Waals surface area contributed by atoms with Crippen molar-refractivity contribution in [2.24, 2.45) is 11.7 Å². The summed E-state index contributed by atoms with van der Waals surface area (Å²) in [5.41, 5.74) is 6.65. The van der Waals surface area contributed by atoms with Crippen molar-refractivity contribution in [1.82, 2.24) is 10.2 Å². The molecular weight excluding hydrogens is 314 g/mol. The molecular formula is C20H33N3O2. The van der Waals surface area contributed by atoms with Gasteiger partial charge in [0.2, 0.25) is 5.91 Å². The number of rotatable bonds is 8. The summed E-state index contributed by atoms with van der Waals surface area (Å²) < 4.78 is 5.20. The lowest BCUT2D eigenvalue weighted by molar-refractivity contribution is -0.126. The predicted molar refractivity (Wildman–Crippen MR) is 102 cm³/mol. The molecule has 0 aliphatic carbocycles. The van der Waals surface area contributed by atoms with Gasteiger partial charge in [0.25, 0.3) is 0 Å². The fourth-order valence-corrected chi connectivity index (χ4v) is 3.41. The number of nitrogens with zero attached hydrogens (tertiary/aromatic N) is 1. The van der Waals surface area contributed by atoms with Crippen molar-refractivity contribution in [3.63, 3.8) is 0 Å². The standard InChI is InChI=1S/C20H33N3O2/c1-4-11-20(2,21)19(24)22-14-16-9-12-23(13-10-16)15-17-5-7-18(25-3)8-6-17/h5-8,16H,4,9-15,21H2,1-3H3,(H,22,24). The van der Waals surface area contributed by atoms with Crippen molar-refractivity contribution in [3.8, 4) is 5.75 Å². The number of hydrogen-bond donors (Lipinski definition) is 2. The number of methoxy groups -OCH3 is 1. The van der Waals surface area contributed by atoms with Crippen LogP contribution in [-0.4, -0.2) is 43.1 Å². The Balaban J connectivity index is 1.71. The van der Waals surface area contributed by atoms with Gasteiger partial charge in [0, 0.05) is 13.1 Å². The van der Waals surface area contributed by atoms with Crippen LogP contribution in [-0.2, 0) is 11.3 Å². The summed E-state index contributed by atoms with van der Waals surface area (Å²) in [4.78, 5) is 14.7. The van der Waals surface area contributed by atoms with Gasteiger partial charge in [0.15, 0.2) is 0 Å². The van der Waals surface area contributed by atoms with Gasteiger partial charge in [-0.05, 0) is 62.9 Å². The molecule has 5 nitrogen and oxygen atoms in total. The smallest absolute Gasteiger partial charge is 0.239 e. The maximum Gasteiger partial charge on any atom is 0.239 e. The van der Waals surface area contributed by atoms with E-state index in [2.05, 4.69) is 29.3 Å². The van der Waals surface area contributed by atoms with E-state index in [1.165, 1.54) is 5.56 Å². The number of likely N-dealkylation sites (tertiary alicyclic amines) is 1. The monoisotopic (exact) mass is 347 g/mol. The molecule has 1 fully saturated rings. The van der Waals surface area contributed by atoms with Crippen LogP contribution in [0, 0.1) is 5.92 Å². The van der Waals surface area contributed by atoms with Gasteiger partial charge in [-0.3, -0.25) is 9.69 Å². The third-order valence-electron chi connectivity index (χ3n) is 5.11. The SMILES string of the molecule is CCCC(C)(N)C(=O)NCC1CCN(Cc2ccc(OC)cc2)CC1. The number of benzene rings is 1. The number of hydrogen-bond acceptors (Lipinski definition) is 4. The van der Waals surface area contributed by atoms with Gasteiger partial charge in [0.1, 0.15) is 5.75 Å². The zero-order valence-corrected chi connectivity index (χ0v) is 15.9. The molecule has 0 radical (unpaired) electrons. The second kappa shape index (κ2) is 9.20. The molecule has 1 amide bonds. The van der Waals surface area contributed by atoms with E-state index in [1.54, 1.807) is 7.11 Å². The molecule has 25 heavy (non-hydrogen) atoms. The first-order chi connectivity index (χ1) is 11.9. The second-order valence-electron chi connectivity index (χ2n) is 7.45. The molecule has 0 aromatic heterocycles. The average molecular weight is 348 g/mol. The van der Waals surface area contributed by atoms with Crippen molar-refractivity contribution in [2.45, 2.75) is 51.6 Å². The van der Waals surface area contributed by atoms with Gasteiger partial charge in [0.05, 0.1) is 12.6 Å². The third kappa shape index (κ3) is 6.01. The topological polar surface area (TPSA) is 67.6 Å². The summed E-state index contributed by atoms with van der Waals surface area (Å²) in [5, 5.41) is 3.06. The van der Waals surface area contributed by atoms with Gasteiger partial charge in [-0.25, -0.2) is 0 Å². The van der Waals surface area contributed by atoms with Gasteiger partial charge in [-0.15, -0.1) is 0 Å². The fraction of sp³-hybridized carbons (Fsp3) is 0.650. The maximum absolute atomic E-state index is 12.2. The van der Waals surface area contributed by atoms with Gasteiger partial charge in [-0.2, -0.15) is 0 Å². The van der Waals surface area contributed by atoms with E-state index < -0.39 is 5.54 Å². The molecule has 3 N–H and O–H groups in total. The Hall–Kier alpha value is -1.59. The van der Waals surface area contributed by atoms with Gasteiger partial charge < -0.3 is 15.8 Å². The van der Waals surface area contributed by atoms with E-state index in [9.17, 15) is 4.79 Å². The minimum atomic E-state index is -0.746. The molecule has 2 rings (SSSR count). The lowest BCUT2D eigenvalue weighted by atomic mass is 9.94. The highest BCUT2D eigenvalue weighted by molar-refractivity contribution is 5.85. The van der Waals surface area contributed by atoms with E-state index in [4.69, 9.17) is 10.5 Å². The van der Waals surface area contributed by atoms with Crippen LogP contribution < -0.4 is 15.8 Å². The Morgan fingerprint density at radius 1 is 1.32 bits per heavy atom. The summed E-state index contributed by atoms with van der Waals surface area (Å²) >= 11 is 0. The number of amides is 1. The molecule has 0 spiro atoms. The molecule has 0 saturated carbocycles. The number of carbonyl (C=O) groups is 1. The van der Waals surface area contributed by atoms with Crippen LogP contribution in [0.3, 0.4) is 0 Å². The summed E-state index contributed by atoms with van der Waals surface area (Å²) in [7, 11) is 1.69. The fourth-order valence-electron chi connectivity index (χ4n) is 3.41. The normalized spacial score (nSPS) is 18.6. The van der Waals surface area contributed by atoms with Crippen molar-refractivity contribution in [2.75, 3.05) is 26.7 Å². The van der Waals surface area contributed by atoms with Crippen molar-refractivity contribution < 1.29 is 9.53 Å². The minimum absolute atomic E-state index is 0.0185. The highest BCUT2D eigenvalue weighted by Crippen LogP contribution is 2.20.